The van der Waals surface area contributed by atoms with Crippen LogP contribution in [0.3, 0.4) is 0 Å². The van der Waals surface area contributed by atoms with E-state index < -0.39 is 0 Å². The maximum Gasteiger partial charge on any atom is 0.233 e. The third-order valence-electron chi connectivity index (χ3n) is 2.59. The molecule has 1 aromatic carbocycles. The molecule has 0 unspecified atom stereocenters. The van der Waals surface area contributed by atoms with Crippen LogP contribution >= 0.6 is 35.0 Å². The van der Waals surface area contributed by atoms with Gasteiger partial charge in [-0.1, -0.05) is 23.2 Å². The largest absolute Gasteiger partial charge is 0.354 e. The zero-order valence-corrected chi connectivity index (χ0v) is 12.2. The van der Waals surface area contributed by atoms with Crippen LogP contribution in [-0.2, 0) is 9.59 Å². The van der Waals surface area contributed by atoms with E-state index in [1.807, 2.05) is 0 Å². The monoisotopic (exact) mass is 318 g/mol. The zero-order valence-electron chi connectivity index (χ0n) is 9.91. The van der Waals surface area contributed by atoms with Gasteiger partial charge in [0.05, 0.1) is 15.3 Å². The topological polar surface area (TPSA) is 58.2 Å². The number of amides is 2. The van der Waals surface area contributed by atoms with Crippen LogP contribution < -0.4 is 10.6 Å². The molecule has 0 saturated carbocycles. The molecular formula is C12H12Cl2N2O2S. The Kier molecular flexibility index (Phi) is 4.96. The molecule has 19 heavy (non-hydrogen) atoms. The van der Waals surface area contributed by atoms with E-state index in [0.717, 1.165) is 5.75 Å². The lowest BCUT2D eigenvalue weighted by Gasteiger charge is -2.20. The molecule has 1 heterocycles. The van der Waals surface area contributed by atoms with E-state index in [1.54, 1.807) is 18.2 Å². The van der Waals surface area contributed by atoms with Crippen molar-refractivity contribution in [2.45, 2.75) is 11.7 Å². The van der Waals surface area contributed by atoms with Crippen LogP contribution in [0.5, 0.6) is 0 Å². The normalized spacial score (nSPS) is 18.8. The lowest BCUT2D eigenvalue weighted by atomic mass is 10.2. The molecule has 0 aliphatic carbocycles. The predicted molar refractivity (Wildman–Crippen MR) is 79.0 cm³/mol. The molecule has 1 aromatic rings. The fraction of sp³-hybridized carbons (Fsp3) is 0.333. The average molecular weight is 319 g/mol. The first-order valence-electron chi connectivity index (χ1n) is 5.70. The van der Waals surface area contributed by atoms with Gasteiger partial charge in [-0.05, 0) is 18.2 Å². The van der Waals surface area contributed by atoms with Crippen LogP contribution in [0.4, 0.5) is 5.69 Å². The highest BCUT2D eigenvalue weighted by atomic mass is 35.5. The summed E-state index contributed by atoms with van der Waals surface area (Å²) in [4.78, 5) is 23.4. The van der Waals surface area contributed by atoms with Crippen LogP contribution in [0, 0.1) is 0 Å². The summed E-state index contributed by atoms with van der Waals surface area (Å²) in [6.07, 6.45) is 0.150. The second kappa shape index (κ2) is 6.50. The van der Waals surface area contributed by atoms with Crippen LogP contribution in [0.15, 0.2) is 18.2 Å². The van der Waals surface area contributed by atoms with Gasteiger partial charge in [0, 0.05) is 24.4 Å². The summed E-state index contributed by atoms with van der Waals surface area (Å²) >= 11 is 13.1. The minimum atomic E-state index is -0.323. The molecule has 4 nitrogen and oxygen atoms in total. The number of carbonyl (C=O) groups is 2. The van der Waals surface area contributed by atoms with Gasteiger partial charge in [-0.3, -0.25) is 9.59 Å². The first kappa shape index (κ1) is 14.5. The summed E-state index contributed by atoms with van der Waals surface area (Å²) < 4.78 is 0. The standard InChI is InChI=1S/C12H12Cl2N2O2S/c13-8-2-1-7(5-9(8)14)16-11(17)6-10-12(18)15-3-4-19-10/h1-2,5,10H,3-4,6H2,(H,15,18)(H,16,17)/t10-/m0/s1. The number of hydrogen-bond donors (Lipinski definition) is 2. The Labute approximate surface area is 125 Å². The van der Waals surface area contributed by atoms with Crippen LogP contribution in [-0.4, -0.2) is 29.4 Å². The van der Waals surface area contributed by atoms with Gasteiger partial charge < -0.3 is 10.6 Å². The Morgan fingerprint density at radius 2 is 2.21 bits per heavy atom. The number of anilines is 1. The molecule has 7 heteroatoms. The first-order valence-corrected chi connectivity index (χ1v) is 7.51. The molecule has 0 spiro atoms. The van der Waals surface area contributed by atoms with E-state index >= 15 is 0 Å². The Hall–Kier alpha value is -0.910. The lowest BCUT2D eigenvalue weighted by molar-refractivity contribution is -0.123. The molecule has 0 aromatic heterocycles. The second-order valence-corrected chi connectivity index (χ2v) is 6.16. The maximum absolute atomic E-state index is 11.8. The Morgan fingerprint density at radius 3 is 2.89 bits per heavy atom. The average Bonchev–Trinajstić information content (AvgIpc) is 2.37. The molecule has 1 aliphatic rings. The molecule has 2 amide bonds. The van der Waals surface area contributed by atoms with Gasteiger partial charge in [0.25, 0.3) is 0 Å². The highest BCUT2D eigenvalue weighted by Crippen LogP contribution is 2.25. The van der Waals surface area contributed by atoms with E-state index in [1.165, 1.54) is 11.8 Å². The Morgan fingerprint density at radius 1 is 1.42 bits per heavy atom. The van der Waals surface area contributed by atoms with Crippen LogP contribution in [0.1, 0.15) is 6.42 Å². The van der Waals surface area contributed by atoms with Gasteiger partial charge in [-0.25, -0.2) is 0 Å². The van der Waals surface area contributed by atoms with E-state index in [0.29, 0.717) is 22.3 Å². The van der Waals surface area contributed by atoms with Gasteiger partial charge in [0.2, 0.25) is 11.8 Å². The van der Waals surface area contributed by atoms with Gasteiger partial charge >= 0.3 is 0 Å². The van der Waals surface area contributed by atoms with E-state index in [9.17, 15) is 9.59 Å². The summed E-state index contributed by atoms with van der Waals surface area (Å²) in [5, 5.41) is 5.93. The van der Waals surface area contributed by atoms with Crippen molar-refractivity contribution in [3.8, 4) is 0 Å². The van der Waals surface area contributed by atoms with E-state index in [-0.39, 0.29) is 23.5 Å². The molecule has 1 aliphatic heterocycles. The van der Waals surface area contributed by atoms with E-state index in [2.05, 4.69) is 10.6 Å². The van der Waals surface area contributed by atoms with Crippen molar-refractivity contribution in [2.24, 2.45) is 0 Å². The molecule has 1 saturated heterocycles. The highest BCUT2D eigenvalue weighted by molar-refractivity contribution is 8.00. The Balaban J connectivity index is 1.93. The van der Waals surface area contributed by atoms with Crippen molar-refractivity contribution < 1.29 is 9.59 Å². The third kappa shape index (κ3) is 4.03. The van der Waals surface area contributed by atoms with E-state index in [4.69, 9.17) is 23.2 Å². The number of benzene rings is 1. The van der Waals surface area contributed by atoms with Crippen molar-refractivity contribution in [1.29, 1.82) is 0 Å². The SMILES string of the molecule is O=C(C[C@@H]1SCCNC1=O)Nc1ccc(Cl)c(Cl)c1. The first-order chi connectivity index (χ1) is 9.06. The molecule has 2 N–H and O–H groups in total. The lowest BCUT2D eigenvalue weighted by Crippen LogP contribution is -2.40. The zero-order chi connectivity index (χ0) is 13.8. The van der Waals surface area contributed by atoms with Crippen molar-refractivity contribution >= 4 is 52.5 Å². The van der Waals surface area contributed by atoms with Gasteiger partial charge in [0.1, 0.15) is 0 Å². The number of nitrogens with one attached hydrogen (secondary N) is 2. The number of carbonyl (C=O) groups excluding carboxylic acids is 2. The summed E-state index contributed by atoms with van der Waals surface area (Å²) in [6.45, 7) is 0.661. The van der Waals surface area contributed by atoms with Crippen LogP contribution in [0.25, 0.3) is 0 Å². The van der Waals surface area contributed by atoms with Gasteiger partial charge in [-0.2, -0.15) is 0 Å². The number of hydrogen-bond acceptors (Lipinski definition) is 3. The summed E-state index contributed by atoms with van der Waals surface area (Å²) in [7, 11) is 0. The number of thioether (sulfide) groups is 1. The molecule has 0 radical (unpaired) electrons. The fourth-order valence-electron chi connectivity index (χ4n) is 1.67. The second-order valence-electron chi connectivity index (χ2n) is 4.03. The van der Waals surface area contributed by atoms with Crippen molar-refractivity contribution in [3.63, 3.8) is 0 Å². The molecular weight excluding hydrogens is 307 g/mol. The predicted octanol–water partition coefficient (Wildman–Crippen LogP) is 2.55. The summed E-state index contributed by atoms with van der Waals surface area (Å²) in [5.41, 5.74) is 0.570. The van der Waals surface area contributed by atoms with Crippen molar-refractivity contribution in [1.82, 2.24) is 5.32 Å². The Bertz CT molecular complexity index is 511. The minimum Gasteiger partial charge on any atom is -0.354 e. The maximum atomic E-state index is 11.8. The molecule has 0 bridgehead atoms. The minimum absolute atomic E-state index is 0.0828. The molecule has 1 atom stereocenters. The van der Waals surface area contributed by atoms with Crippen molar-refractivity contribution in [2.75, 3.05) is 17.6 Å². The highest BCUT2D eigenvalue weighted by Gasteiger charge is 2.25. The number of halogens is 2. The molecule has 1 fully saturated rings. The summed E-state index contributed by atoms with van der Waals surface area (Å²) in [6, 6.07) is 4.86. The third-order valence-corrected chi connectivity index (χ3v) is 4.55. The molecule has 2 rings (SSSR count). The van der Waals surface area contributed by atoms with Crippen LogP contribution in [0.2, 0.25) is 10.0 Å². The summed E-state index contributed by atoms with van der Waals surface area (Å²) in [5.74, 6) is 0.532. The quantitative estimate of drug-likeness (QED) is 0.900. The van der Waals surface area contributed by atoms with Gasteiger partial charge in [0.15, 0.2) is 0 Å². The number of rotatable bonds is 3. The molecule has 102 valence electrons. The van der Waals surface area contributed by atoms with Crippen molar-refractivity contribution in [3.05, 3.63) is 28.2 Å². The fourth-order valence-corrected chi connectivity index (χ4v) is 2.98. The smallest absolute Gasteiger partial charge is 0.233 e. The van der Waals surface area contributed by atoms with Gasteiger partial charge in [-0.15, -0.1) is 11.8 Å².